The van der Waals surface area contributed by atoms with Crippen LogP contribution in [-0.2, 0) is 16.1 Å². The summed E-state index contributed by atoms with van der Waals surface area (Å²) in [6.45, 7) is 6.21. The molecule has 144 valence electrons. The molecule has 1 unspecified atom stereocenters. The summed E-state index contributed by atoms with van der Waals surface area (Å²) < 4.78 is 6.10. The Bertz CT molecular complexity index is 807. The molecule has 1 saturated heterocycles. The molecule has 1 fully saturated rings. The normalized spacial score (nSPS) is 24.4. The molecule has 0 aromatic heterocycles. The zero-order valence-corrected chi connectivity index (χ0v) is 15.8. The quantitative estimate of drug-likeness (QED) is 0.817. The molecule has 1 N–H and O–H groups in total. The van der Waals surface area contributed by atoms with Crippen LogP contribution in [0, 0.1) is 0 Å². The minimum Gasteiger partial charge on any atom is -0.489 e. The summed E-state index contributed by atoms with van der Waals surface area (Å²) in [6, 6.07) is 3.56. The van der Waals surface area contributed by atoms with E-state index in [1.165, 1.54) is 0 Å². The smallest absolute Gasteiger partial charge is 0.255 e. The molecule has 0 spiro atoms. The van der Waals surface area contributed by atoms with Gasteiger partial charge in [-0.25, -0.2) is 0 Å². The van der Waals surface area contributed by atoms with E-state index in [9.17, 15) is 14.4 Å². The Morgan fingerprint density at radius 1 is 1.22 bits per heavy atom. The molecule has 0 radical (unpaired) electrons. The van der Waals surface area contributed by atoms with Crippen molar-refractivity contribution >= 4 is 23.4 Å². The lowest BCUT2D eigenvalue weighted by molar-refractivity contribution is -0.136. The first kappa shape index (κ1) is 17.8. The number of hydrogen-bond donors (Lipinski definition) is 1. The lowest BCUT2D eigenvalue weighted by atomic mass is 10.0. The zero-order valence-electron chi connectivity index (χ0n) is 15.8. The van der Waals surface area contributed by atoms with Crippen LogP contribution in [0.3, 0.4) is 0 Å². The van der Waals surface area contributed by atoms with Gasteiger partial charge in [-0.15, -0.1) is 0 Å². The Balaban J connectivity index is 1.66. The van der Waals surface area contributed by atoms with Crippen molar-refractivity contribution in [3.8, 4) is 5.75 Å². The number of rotatable bonds is 4. The van der Waals surface area contributed by atoms with Crippen LogP contribution in [0.1, 0.15) is 55.5 Å². The van der Waals surface area contributed by atoms with Gasteiger partial charge in [0.05, 0.1) is 18.3 Å². The number of nitrogens with one attached hydrogen (secondary N) is 1. The van der Waals surface area contributed by atoms with Crippen LogP contribution in [0.5, 0.6) is 5.75 Å². The Labute approximate surface area is 158 Å². The number of benzene rings is 1. The highest BCUT2D eigenvalue weighted by Gasteiger charge is 2.42. The number of piperidine rings is 1. The van der Waals surface area contributed by atoms with Crippen molar-refractivity contribution in [1.29, 1.82) is 0 Å². The highest BCUT2D eigenvalue weighted by molar-refractivity contribution is 6.06. The molecule has 1 aromatic carbocycles. The monoisotopic (exact) mass is 371 g/mol. The van der Waals surface area contributed by atoms with Crippen LogP contribution in [-0.4, -0.2) is 47.9 Å². The van der Waals surface area contributed by atoms with E-state index in [2.05, 4.69) is 24.1 Å². The second-order valence-electron chi connectivity index (χ2n) is 7.41. The number of hydrogen-bond acceptors (Lipinski definition) is 5. The Morgan fingerprint density at radius 2 is 2.04 bits per heavy atom. The van der Waals surface area contributed by atoms with E-state index in [0.717, 1.165) is 36.4 Å². The van der Waals surface area contributed by atoms with Crippen molar-refractivity contribution in [2.24, 2.45) is 0 Å². The van der Waals surface area contributed by atoms with Crippen LogP contribution >= 0.6 is 0 Å². The van der Waals surface area contributed by atoms with E-state index in [4.69, 9.17) is 4.74 Å². The lowest BCUT2D eigenvalue weighted by Gasteiger charge is -2.39. The van der Waals surface area contributed by atoms with Crippen molar-refractivity contribution in [2.45, 2.75) is 58.2 Å². The van der Waals surface area contributed by atoms with Gasteiger partial charge in [-0.3, -0.25) is 19.7 Å². The SMILES string of the molecule is CCCN1c2ccc3c(c2OC[C@H]1CC)CN(C1CCC(=O)NC1=O)C3=O. The maximum atomic E-state index is 12.9. The topological polar surface area (TPSA) is 79.0 Å². The van der Waals surface area contributed by atoms with Gasteiger partial charge in [0.2, 0.25) is 11.8 Å². The van der Waals surface area contributed by atoms with E-state index in [-0.39, 0.29) is 24.1 Å². The molecule has 7 heteroatoms. The molecule has 7 nitrogen and oxygen atoms in total. The molecule has 3 aliphatic rings. The zero-order chi connectivity index (χ0) is 19.1. The van der Waals surface area contributed by atoms with Gasteiger partial charge in [0.15, 0.2) is 0 Å². The number of carbonyl (C=O) groups excluding carboxylic acids is 3. The van der Waals surface area contributed by atoms with Gasteiger partial charge in [-0.05, 0) is 31.4 Å². The summed E-state index contributed by atoms with van der Waals surface area (Å²) in [7, 11) is 0. The van der Waals surface area contributed by atoms with Gasteiger partial charge in [-0.2, -0.15) is 0 Å². The van der Waals surface area contributed by atoms with Gasteiger partial charge in [0.25, 0.3) is 5.91 Å². The van der Waals surface area contributed by atoms with Gasteiger partial charge in [-0.1, -0.05) is 13.8 Å². The van der Waals surface area contributed by atoms with Gasteiger partial charge < -0.3 is 14.5 Å². The molecule has 3 heterocycles. The number of imide groups is 1. The van der Waals surface area contributed by atoms with Crippen molar-refractivity contribution in [1.82, 2.24) is 10.2 Å². The van der Waals surface area contributed by atoms with E-state index < -0.39 is 6.04 Å². The number of nitrogens with zero attached hydrogens (tertiary/aromatic N) is 2. The third kappa shape index (κ3) is 2.85. The molecule has 0 aliphatic carbocycles. The van der Waals surface area contributed by atoms with E-state index >= 15 is 0 Å². The first-order chi connectivity index (χ1) is 13.0. The number of ether oxygens (including phenoxy) is 1. The van der Waals surface area contributed by atoms with E-state index in [0.29, 0.717) is 31.2 Å². The third-order valence-corrected chi connectivity index (χ3v) is 5.75. The Morgan fingerprint density at radius 3 is 2.74 bits per heavy atom. The maximum Gasteiger partial charge on any atom is 0.255 e. The van der Waals surface area contributed by atoms with Gasteiger partial charge in [0.1, 0.15) is 18.4 Å². The molecule has 0 saturated carbocycles. The van der Waals surface area contributed by atoms with E-state index in [1.807, 2.05) is 12.1 Å². The lowest BCUT2D eigenvalue weighted by Crippen LogP contribution is -2.52. The third-order valence-electron chi connectivity index (χ3n) is 5.75. The summed E-state index contributed by atoms with van der Waals surface area (Å²) in [5.74, 6) is -0.0536. The molecule has 3 aliphatic heterocycles. The number of anilines is 1. The molecule has 0 bridgehead atoms. The molecular weight excluding hydrogens is 346 g/mol. The van der Waals surface area contributed by atoms with Crippen LogP contribution in [0.4, 0.5) is 5.69 Å². The van der Waals surface area contributed by atoms with Crippen molar-refractivity contribution in [3.05, 3.63) is 23.3 Å². The first-order valence-corrected chi connectivity index (χ1v) is 9.75. The summed E-state index contributed by atoms with van der Waals surface area (Å²) in [5, 5.41) is 2.34. The highest BCUT2D eigenvalue weighted by Crippen LogP contribution is 2.43. The largest absolute Gasteiger partial charge is 0.489 e. The molecule has 1 aromatic rings. The molecular formula is C20H25N3O4. The Hall–Kier alpha value is -2.57. The van der Waals surface area contributed by atoms with Crippen LogP contribution in [0.25, 0.3) is 0 Å². The summed E-state index contributed by atoms with van der Waals surface area (Å²) in [5.41, 5.74) is 2.49. The minimum absolute atomic E-state index is 0.162. The van der Waals surface area contributed by atoms with Crippen molar-refractivity contribution < 1.29 is 19.1 Å². The Kier molecular flexibility index (Phi) is 4.53. The molecule has 2 atom stereocenters. The summed E-state index contributed by atoms with van der Waals surface area (Å²) >= 11 is 0. The fraction of sp³-hybridized carbons (Fsp3) is 0.550. The van der Waals surface area contributed by atoms with Crippen LogP contribution in [0.15, 0.2) is 12.1 Å². The van der Waals surface area contributed by atoms with Gasteiger partial charge >= 0.3 is 0 Å². The number of amides is 3. The fourth-order valence-electron chi connectivity index (χ4n) is 4.34. The standard InChI is InChI=1S/C20H25N3O4/c1-3-9-22-12(4-2)11-27-18-14-10-23(16-7-8-17(24)21-19(16)25)20(26)13(14)5-6-15(18)22/h5-6,12,16H,3-4,7-11H2,1-2H3,(H,21,24,25)/t12-,16?/m1/s1. The predicted octanol–water partition coefficient (Wildman–Crippen LogP) is 1.83. The second kappa shape index (κ2) is 6.87. The average molecular weight is 371 g/mol. The second-order valence-corrected chi connectivity index (χ2v) is 7.41. The van der Waals surface area contributed by atoms with E-state index in [1.54, 1.807) is 4.90 Å². The molecule has 27 heavy (non-hydrogen) atoms. The van der Waals surface area contributed by atoms with Gasteiger partial charge in [0, 0.05) is 24.1 Å². The van der Waals surface area contributed by atoms with Crippen molar-refractivity contribution in [3.63, 3.8) is 0 Å². The highest BCUT2D eigenvalue weighted by atomic mass is 16.5. The minimum atomic E-state index is -0.600. The average Bonchev–Trinajstić information content (AvgIpc) is 2.99. The fourth-order valence-corrected chi connectivity index (χ4v) is 4.34. The number of carbonyl (C=O) groups is 3. The molecule has 3 amide bonds. The first-order valence-electron chi connectivity index (χ1n) is 9.75. The summed E-state index contributed by atoms with van der Waals surface area (Å²) in [6.07, 6.45) is 2.66. The van der Waals surface area contributed by atoms with Crippen LogP contribution in [0.2, 0.25) is 0 Å². The number of fused-ring (bicyclic) bond motifs is 3. The maximum absolute atomic E-state index is 12.9. The molecule has 4 rings (SSSR count). The van der Waals surface area contributed by atoms with Crippen LogP contribution < -0.4 is 15.0 Å². The predicted molar refractivity (Wildman–Crippen MR) is 99.7 cm³/mol. The van der Waals surface area contributed by atoms with Crippen molar-refractivity contribution in [2.75, 3.05) is 18.1 Å². The summed E-state index contributed by atoms with van der Waals surface area (Å²) in [4.78, 5) is 40.5.